The SMILES string of the molecule is COc1ccc(S(=O)(=O)NCc2ccc(C)cc2)cc1NC(=O)c1ccc(Cl)cc1. The molecule has 0 saturated heterocycles. The van der Waals surface area contributed by atoms with Gasteiger partial charge >= 0.3 is 0 Å². The molecule has 0 spiro atoms. The maximum atomic E-state index is 12.7. The van der Waals surface area contributed by atoms with Crippen LogP contribution >= 0.6 is 11.6 Å². The number of hydrogen-bond donors (Lipinski definition) is 2. The summed E-state index contributed by atoms with van der Waals surface area (Å²) in [6.07, 6.45) is 0. The highest BCUT2D eigenvalue weighted by molar-refractivity contribution is 7.89. The molecular formula is C22H21ClN2O4S. The van der Waals surface area contributed by atoms with Crippen molar-refractivity contribution in [1.82, 2.24) is 4.72 Å². The van der Waals surface area contributed by atoms with Crippen LogP contribution in [0.4, 0.5) is 5.69 Å². The molecule has 0 saturated carbocycles. The van der Waals surface area contributed by atoms with E-state index in [1.807, 2.05) is 31.2 Å². The highest BCUT2D eigenvalue weighted by Gasteiger charge is 2.18. The summed E-state index contributed by atoms with van der Waals surface area (Å²) in [5.41, 5.74) is 2.56. The van der Waals surface area contributed by atoms with Crippen molar-refractivity contribution in [2.75, 3.05) is 12.4 Å². The van der Waals surface area contributed by atoms with E-state index in [1.54, 1.807) is 24.3 Å². The Morgan fingerprint density at radius 1 is 1.00 bits per heavy atom. The molecule has 2 N–H and O–H groups in total. The standard InChI is InChI=1S/C22H21ClN2O4S/c1-15-3-5-16(6-4-15)14-24-30(27,28)19-11-12-21(29-2)20(13-19)25-22(26)17-7-9-18(23)10-8-17/h3-13,24H,14H2,1-2H3,(H,25,26). The van der Waals surface area contributed by atoms with Gasteiger partial charge < -0.3 is 10.1 Å². The molecule has 0 radical (unpaired) electrons. The lowest BCUT2D eigenvalue weighted by molar-refractivity contribution is 0.102. The molecular weight excluding hydrogens is 424 g/mol. The monoisotopic (exact) mass is 444 g/mol. The molecule has 6 nitrogen and oxygen atoms in total. The number of methoxy groups -OCH3 is 1. The molecule has 0 fully saturated rings. The van der Waals surface area contributed by atoms with E-state index in [-0.39, 0.29) is 17.1 Å². The first-order chi connectivity index (χ1) is 14.3. The molecule has 0 bridgehead atoms. The van der Waals surface area contributed by atoms with Gasteiger partial charge in [-0.3, -0.25) is 4.79 Å². The molecule has 0 aliphatic rings. The van der Waals surface area contributed by atoms with Crippen molar-refractivity contribution in [3.8, 4) is 5.75 Å². The molecule has 3 aromatic carbocycles. The molecule has 1 amide bonds. The number of anilines is 1. The van der Waals surface area contributed by atoms with Gasteiger partial charge in [0.05, 0.1) is 17.7 Å². The molecule has 0 aliphatic heterocycles. The Morgan fingerprint density at radius 2 is 1.67 bits per heavy atom. The zero-order valence-corrected chi connectivity index (χ0v) is 18.0. The lowest BCUT2D eigenvalue weighted by Crippen LogP contribution is -2.23. The third-order valence-corrected chi connectivity index (χ3v) is 6.07. The summed E-state index contributed by atoms with van der Waals surface area (Å²) in [5.74, 6) is -0.0677. The summed E-state index contributed by atoms with van der Waals surface area (Å²) in [6, 6.07) is 18.2. The fraction of sp³-hybridized carbons (Fsp3) is 0.136. The zero-order chi connectivity index (χ0) is 21.7. The number of amides is 1. The van der Waals surface area contributed by atoms with Gasteiger partial charge in [-0.2, -0.15) is 0 Å². The number of ether oxygens (including phenoxy) is 1. The van der Waals surface area contributed by atoms with Crippen LogP contribution in [-0.4, -0.2) is 21.4 Å². The van der Waals surface area contributed by atoms with Crippen LogP contribution in [0.15, 0.2) is 71.6 Å². The molecule has 3 aromatic rings. The van der Waals surface area contributed by atoms with Crippen molar-refractivity contribution in [2.24, 2.45) is 0 Å². The first-order valence-electron chi connectivity index (χ1n) is 9.08. The Balaban J connectivity index is 1.80. The van der Waals surface area contributed by atoms with E-state index >= 15 is 0 Å². The molecule has 0 aromatic heterocycles. The summed E-state index contributed by atoms with van der Waals surface area (Å²) >= 11 is 5.85. The molecule has 0 aliphatic carbocycles. The van der Waals surface area contributed by atoms with Crippen molar-refractivity contribution < 1.29 is 17.9 Å². The minimum atomic E-state index is -3.80. The second-order valence-electron chi connectivity index (χ2n) is 6.63. The topological polar surface area (TPSA) is 84.5 Å². The fourth-order valence-electron chi connectivity index (χ4n) is 2.72. The number of carbonyl (C=O) groups is 1. The summed E-state index contributed by atoms with van der Waals surface area (Å²) < 4.78 is 33.3. The Labute approximate surface area is 180 Å². The van der Waals surface area contributed by atoms with E-state index in [4.69, 9.17) is 16.3 Å². The van der Waals surface area contributed by atoms with E-state index in [1.165, 1.54) is 25.3 Å². The summed E-state index contributed by atoms with van der Waals surface area (Å²) in [4.78, 5) is 12.5. The first-order valence-corrected chi connectivity index (χ1v) is 10.9. The summed E-state index contributed by atoms with van der Waals surface area (Å²) in [5, 5.41) is 3.20. The minimum absolute atomic E-state index is 0.0156. The predicted octanol–water partition coefficient (Wildman–Crippen LogP) is 4.39. The molecule has 0 atom stereocenters. The minimum Gasteiger partial charge on any atom is -0.495 e. The lowest BCUT2D eigenvalue weighted by atomic mass is 10.2. The quantitative estimate of drug-likeness (QED) is 0.566. The van der Waals surface area contributed by atoms with E-state index in [2.05, 4.69) is 10.0 Å². The number of carbonyl (C=O) groups excluding carboxylic acids is 1. The average molecular weight is 445 g/mol. The Morgan fingerprint density at radius 3 is 2.30 bits per heavy atom. The van der Waals surface area contributed by atoms with Crippen LogP contribution in [0.1, 0.15) is 21.5 Å². The highest BCUT2D eigenvalue weighted by atomic mass is 35.5. The van der Waals surface area contributed by atoms with Gasteiger partial charge in [-0.1, -0.05) is 41.4 Å². The van der Waals surface area contributed by atoms with Gasteiger partial charge in [0, 0.05) is 17.1 Å². The average Bonchev–Trinajstić information content (AvgIpc) is 2.73. The number of sulfonamides is 1. The van der Waals surface area contributed by atoms with Gasteiger partial charge in [-0.25, -0.2) is 13.1 Å². The van der Waals surface area contributed by atoms with Gasteiger partial charge in [0.25, 0.3) is 5.91 Å². The number of benzene rings is 3. The van der Waals surface area contributed by atoms with Crippen LogP contribution in [0.2, 0.25) is 5.02 Å². The van der Waals surface area contributed by atoms with Crippen LogP contribution in [-0.2, 0) is 16.6 Å². The lowest BCUT2D eigenvalue weighted by Gasteiger charge is -2.13. The molecule has 3 rings (SSSR count). The van der Waals surface area contributed by atoms with Crippen LogP contribution < -0.4 is 14.8 Å². The Bertz CT molecular complexity index is 1140. The van der Waals surface area contributed by atoms with E-state index < -0.39 is 15.9 Å². The number of nitrogens with one attached hydrogen (secondary N) is 2. The van der Waals surface area contributed by atoms with Crippen LogP contribution in [0.5, 0.6) is 5.75 Å². The smallest absolute Gasteiger partial charge is 0.255 e. The molecule has 8 heteroatoms. The molecule has 0 heterocycles. The van der Waals surface area contributed by atoms with Gasteiger partial charge in [-0.05, 0) is 55.0 Å². The first kappa shape index (κ1) is 21.8. The second-order valence-corrected chi connectivity index (χ2v) is 8.84. The predicted molar refractivity (Wildman–Crippen MR) is 118 cm³/mol. The van der Waals surface area contributed by atoms with E-state index in [0.717, 1.165) is 11.1 Å². The molecule has 0 unspecified atom stereocenters. The van der Waals surface area contributed by atoms with Gasteiger partial charge in [0.1, 0.15) is 5.75 Å². The van der Waals surface area contributed by atoms with Gasteiger partial charge in [0.15, 0.2) is 0 Å². The third kappa shape index (κ3) is 5.38. The normalized spacial score (nSPS) is 11.2. The summed E-state index contributed by atoms with van der Waals surface area (Å²) in [7, 11) is -2.35. The largest absolute Gasteiger partial charge is 0.495 e. The third-order valence-electron chi connectivity index (χ3n) is 4.42. The maximum Gasteiger partial charge on any atom is 0.255 e. The molecule has 30 heavy (non-hydrogen) atoms. The van der Waals surface area contributed by atoms with Crippen molar-refractivity contribution in [2.45, 2.75) is 18.4 Å². The van der Waals surface area contributed by atoms with E-state index in [9.17, 15) is 13.2 Å². The second kappa shape index (κ2) is 9.30. The fourth-order valence-corrected chi connectivity index (χ4v) is 3.88. The van der Waals surface area contributed by atoms with Gasteiger partial charge in [-0.15, -0.1) is 0 Å². The molecule has 156 valence electrons. The van der Waals surface area contributed by atoms with Crippen LogP contribution in [0, 0.1) is 6.92 Å². The van der Waals surface area contributed by atoms with Crippen LogP contribution in [0.3, 0.4) is 0 Å². The van der Waals surface area contributed by atoms with Crippen molar-refractivity contribution in [3.63, 3.8) is 0 Å². The van der Waals surface area contributed by atoms with Gasteiger partial charge in [0.2, 0.25) is 10.0 Å². The summed E-state index contributed by atoms with van der Waals surface area (Å²) in [6.45, 7) is 2.12. The Kier molecular flexibility index (Phi) is 6.77. The number of aryl methyl sites for hydroxylation is 1. The van der Waals surface area contributed by atoms with Crippen LogP contribution in [0.25, 0.3) is 0 Å². The highest BCUT2D eigenvalue weighted by Crippen LogP contribution is 2.28. The maximum absolute atomic E-state index is 12.7. The van der Waals surface area contributed by atoms with Crippen molar-refractivity contribution in [3.05, 3.63) is 88.4 Å². The number of halogens is 1. The Hall–Kier alpha value is -2.87. The number of hydrogen-bond acceptors (Lipinski definition) is 4. The van der Waals surface area contributed by atoms with Crippen molar-refractivity contribution >= 4 is 33.2 Å². The number of rotatable bonds is 7. The van der Waals surface area contributed by atoms with E-state index in [0.29, 0.717) is 16.3 Å². The zero-order valence-electron chi connectivity index (χ0n) is 16.5. The van der Waals surface area contributed by atoms with Crippen molar-refractivity contribution in [1.29, 1.82) is 0 Å².